The van der Waals surface area contributed by atoms with E-state index in [1.165, 1.54) is 4.31 Å². The van der Waals surface area contributed by atoms with E-state index in [-0.39, 0.29) is 24.0 Å². The minimum atomic E-state index is -3.46. The number of hydrogen-bond donors (Lipinski definition) is 1. The van der Waals surface area contributed by atoms with Gasteiger partial charge in [-0.3, -0.25) is 0 Å². The van der Waals surface area contributed by atoms with Crippen LogP contribution in [0.3, 0.4) is 0 Å². The van der Waals surface area contributed by atoms with Crippen LogP contribution < -0.4 is 5.32 Å². The Balaban J connectivity index is 2.11. The van der Waals surface area contributed by atoms with Crippen molar-refractivity contribution in [2.75, 3.05) is 31.6 Å². The second kappa shape index (κ2) is 5.07. The van der Waals surface area contributed by atoms with Gasteiger partial charge in [-0.25, -0.2) is 21.1 Å². The highest BCUT2D eigenvalue weighted by molar-refractivity contribution is 7.95. The Labute approximate surface area is 109 Å². The van der Waals surface area contributed by atoms with Crippen molar-refractivity contribution in [2.45, 2.75) is 30.6 Å². The van der Waals surface area contributed by atoms with E-state index in [1.807, 2.05) is 7.05 Å². The minimum Gasteiger partial charge on any atom is -0.316 e. The van der Waals surface area contributed by atoms with Crippen LogP contribution in [0, 0.1) is 0 Å². The zero-order valence-electron chi connectivity index (χ0n) is 10.5. The van der Waals surface area contributed by atoms with Gasteiger partial charge in [0.25, 0.3) is 0 Å². The van der Waals surface area contributed by atoms with Crippen LogP contribution >= 0.6 is 0 Å². The molecule has 1 N–H and O–H groups in total. The van der Waals surface area contributed by atoms with Gasteiger partial charge in [-0.1, -0.05) is 0 Å². The quantitative estimate of drug-likeness (QED) is 0.736. The lowest BCUT2D eigenvalue weighted by atomic mass is 10.1. The average Bonchev–Trinajstić information content (AvgIpc) is 2.70. The van der Waals surface area contributed by atoms with Gasteiger partial charge < -0.3 is 5.32 Å². The summed E-state index contributed by atoms with van der Waals surface area (Å²) in [6.07, 6.45) is 2.03. The van der Waals surface area contributed by atoms with Crippen molar-refractivity contribution < 1.29 is 16.8 Å². The maximum atomic E-state index is 12.4. The summed E-state index contributed by atoms with van der Waals surface area (Å²) in [6.45, 7) is 0.965. The van der Waals surface area contributed by atoms with Crippen molar-refractivity contribution in [2.24, 2.45) is 0 Å². The lowest BCUT2D eigenvalue weighted by Crippen LogP contribution is -2.49. The van der Waals surface area contributed by atoms with Gasteiger partial charge in [-0.15, -0.1) is 0 Å². The van der Waals surface area contributed by atoms with Crippen LogP contribution in [0.15, 0.2) is 0 Å². The third-order valence-corrected chi connectivity index (χ3v) is 8.04. The van der Waals surface area contributed by atoms with Crippen LogP contribution in [0.25, 0.3) is 0 Å². The van der Waals surface area contributed by atoms with Crippen molar-refractivity contribution in [3.63, 3.8) is 0 Å². The number of nitrogens with one attached hydrogen (secondary N) is 1. The molecule has 2 saturated heterocycles. The molecule has 0 aromatic rings. The SMILES string of the molecule is CNC1CCCN(S(=O)(=O)C2CCS(=O)(=O)C2)C1. The van der Waals surface area contributed by atoms with Crippen LogP contribution in [0.2, 0.25) is 0 Å². The van der Waals surface area contributed by atoms with E-state index in [1.54, 1.807) is 0 Å². The Morgan fingerprint density at radius 3 is 2.56 bits per heavy atom. The highest BCUT2D eigenvalue weighted by atomic mass is 32.2. The molecule has 2 aliphatic heterocycles. The first-order chi connectivity index (χ1) is 8.35. The molecule has 0 spiro atoms. The summed E-state index contributed by atoms with van der Waals surface area (Å²) in [5, 5.41) is 2.35. The second-order valence-electron chi connectivity index (χ2n) is 5.06. The van der Waals surface area contributed by atoms with Crippen molar-refractivity contribution in [3.05, 3.63) is 0 Å². The first-order valence-corrected chi connectivity index (χ1v) is 9.54. The van der Waals surface area contributed by atoms with Gasteiger partial charge in [0.05, 0.1) is 16.8 Å². The number of rotatable bonds is 3. The van der Waals surface area contributed by atoms with Crippen molar-refractivity contribution >= 4 is 19.9 Å². The molecule has 2 atom stereocenters. The summed E-state index contributed by atoms with van der Waals surface area (Å²) in [4.78, 5) is 0. The number of piperidine rings is 1. The van der Waals surface area contributed by atoms with Crippen molar-refractivity contribution in [1.82, 2.24) is 9.62 Å². The average molecular weight is 296 g/mol. The third-order valence-electron chi connectivity index (χ3n) is 3.76. The molecule has 2 fully saturated rings. The maximum Gasteiger partial charge on any atom is 0.218 e. The molecule has 0 saturated carbocycles. The van der Waals surface area contributed by atoms with E-state index < -0.39 is 25.1 Å². The van der Waals surface area contributed by atoms with Gasteiger partial charge in [0.2, 0.25) is 10.0 Å². The largest absolute Gasteiger partial charge is 0.316 e. The predicted molar refractivity (Wildman–Crippen MR) is 69.6 cm³/mol. The first-order valence-electron chi connectivity index (χ1n) is 6.22. The zero-order valence-corrected chi connectivity index (χ0v) is 12.1. The summed E-state index contributed by atoms with van der Waals surface area (Å²) in [6, 6.07) is 0.173. The van der Waals surface area contributed by atoms with Crippen LogP contribution in [0.1, 0.15) is 19.3 Å². The molecular weight excluding hydrogens is 276 g/mol. The van der Waals surface area contributed by atoms with Gasteiger partial charge >= 0.3 is 0 Å². The Hall–Kier alpha value is -0.180. The molecule has 2 heterocycles. The molecule has 0 amide bonds. The highest BCUT2D eigenvalue weighted by Gasteiger charge is 2.41. The fourth-order valence-electron chi connectivity index (χ4n) is 2.62. The topological polar surface area (TPSA) is 83.6 Å². The summed E-state index contributed by atoms with van der Waals surface area (Å²) in [5.74, 6) is -0.212. The Kier molecular flexibility index (Phi) is 4.01. The number of nitrogens with zero attached hydrogens (tertiary/aromatic N) is 1. The first kappa shape index (κ1) is 14.2. The number of sulfonamides is 1. The van der Waals surface area contributed by atoms with Crippen molar-refractivity contribution in [1.29, 1.82) is 0 Å². The van der Waals surface area contributed by atoms with E-state index in [0.717, 1.165) is 12.8 Å². The second-order valence-corrected chi connectivity index (χ2v) is 9.50. The highest BCUT2D eigenvalue weighted by Crippen LogP contribution is 2.24. The van der Waals surface area contributed by atoms with E-state index in [9.17, 15) is 16.8 Å². The molecule has 0 aromatic heterocycles. The van der Waals surface area contributed by atoms with Crippen LogP contribution in [-0.4, -0.2) is 64.1 Å². The molecule has 0 aromatic carbocycles. The maximum absolute atomic E-state index is 12.4. The molecule has 0 aliphatic carbocycles. The Bertz CT molecular complexity index is 500. The Morgan fingerprint density at radius 2 is 2.00 bits per heavy atom. The summed E-state index contributed by atoms with van der Waals surface area (Å²) in [7, 11) is -4.80. The summed E-state index contributed by atoms with van der Waals surface area (Å²) < 4.78 is 49.0. The zero-order chi connectivity index (χ0) is 13.4. The van der Waals surface area contributed by atoms with Gasteiger partial charge in [0.1, 0.15) is 0 Å². The van der Waals surface area contributed by atoms with Gasteiger partial charge in [0.15, 0.2) is 9.84 Å². The predicted octanol–water partition coefficient (Wildman–Crippen LogP) is -0.813. The van der Waals surface area contributed by atoms with Crippen molar-refractivity contribution in [3.8, 4) is 0 Å². The summed E-state index contributed by atoms with van der Waals surface area (Å²) in [5.41, 5.74) is 0. The third kappa shape index (κ3) is 2.87. The molecule has 0 radical (unpaired) electrons. The minimum absolute atomic E-state index is 0.000191. The van der Waals surface area contributed by atoms with E-state index in [2.05, 4.69) is 5.32 Å². The molecule has 2 aliphatic rings. The van der Waals surface area contributed by atoms with Crippen LogP contribution in [-0.2, 0) is 19.9 Å². The molecular formula is C10H20N2O4S2. The lowest BCUT2D eigenvalue weighted by Gasteiger charge is -2.33. The molecule has 2 unspecified atom stereocenters. The molecule has 6 nitrogen and oxygen atoms in total. The smallest absolute Gasteiger partial charge is 0.218 e. The molecule has 8 heteroatoms. The Morgan fingerprint density at radius 1 is 1.28 bits per heavy atom. The fraction of sp³-hybridized carbons (Fsp3) is 1.00. The number of likely N-dealkylation sites (N-methyl/N-ethyl adjacent to an activating group) is 1. The van der Waals surface area contributed by atoms with E-state index in [0.29, 0.717) is 13.1 Å². The van der Waals surface area contributed by atoms with Crippen LogP contribution in [0.5, 0.6) is 0 Å². The summed E-state index contributed by atoms with van der Waals surface area (Å²) >= 11 is 0. The standard InChI is InChI=1S/C10H20N2O4S2/c1-11-9-3-2-5-12(7-9)18(15,16)10-4-6-17(13,14)8-10/h9-11H,2-8H2,1H3. The lowest BCUT2D eigenvalue weighted by molar-refractivity contribution is 0.290. The number of sulfone groups is 1. The molecule has 106 valence electrons. The van der Waals surface area contributed by atoms with Gasteiger partial charge in [-0.05, 0) is 26.3 Å². The molecule has 18 heavy (non-hydrogen) atoms. The normalized spacial score (nSPS) is 33.6. The fourth-order valence-corrected chi connectivity index (χ4v) is 7.23. The van der Waals surface area contributed by atoms with Crippen LogP contribution in [0.4, 0.5) is 0 Å². The van der Waals surface area contributed by atoms with E-state index >= 15 is 0 Å². The molecule has 0 bridgehead atoms. The monoisotopic (exact) mass is 296 g/mol. The molecule has 2 rings (SSSR count). The van der Waals surface area contributed by atoms with Gasteiger partial charge in [-0.2, -0.15) is 0 Å². The van der Waals surface area contributed by atoms with E-state index in [4.69, 9.17) is 0 Å². The number of hydrogen-bond acceptors (Lipinski definition) is 5. The van der Waals surface area contributed by atoms with Gasteiger partial charge in [0, 0.05) is 19.1 Å².